The van der Waals surface area contributed by atoms with Crippen molar-refractivity contribution in [3.8, 4) is 5.75 Å². The van der Waals surface area contributed by atoms with Crippen molar-refractivity contribution < 1.29 is 37.9 Å². The molecule has 5 atom stereocenters. The third kappa shape index (κ3) is 9.63. The van der Waals surface area contributed by atoms with Crippen molar-refractivity contribution >= 4 is 0 Å². The van der Waals surface area contributed by atoms with Gasteiger partial charge in [0.15, 0.2) is 6.29 Å². The molecule has 1 aliphatic rings. The Hall–Kier alpha value is -4.41. The van der Waals surface area contributed by atoms with Crippen LogP contribution in [0.15, 0.2) is 133 Å². The summed E-state index contributed by atoms with van der Waals surface area (Å²) in [6.07, 6.45) is -3.02. The maximum atomic E-state index is 15.0. The summed E-state index contributed by atoms with van der Waals surface area (Å²) in [5, 5.41) is 10.7. The van der Waals surface area contributed by atoms with Gasteiger partial charge in [0, 0.05) is 12.0 Å². The van der Waals surface area contributed by atoms with Crippen LogP contribution >= 0.6 is 0 Å². The minimum Gasteiger partial charge on any atom is -0.497 e. The average Bonchev–Trinajstić information content (AvgIpc) is 3.18. The molecule has 0 saturated carbocycles. The summed E-state index contributed by atoms with van der Waals surface area (Å²) in [5.74, 6) is 0.463. The van der Waals surface area contributed by atoms with Gasteiger partial charge in [-0.2, -0.15) is 0 Å². The lowest BCUT2D eigenvalue weighted by Crippen LogP contribution is -2.54. The van der Waals surface area contributed by atoms with E-state index in [1.807, 2.05) is 121 Å². The molecule has 6 rings (SSSR count). The summed E-state index contributed by atoms with van der Waals surface area (Å²) in [6.45, 7) is 0.627. The first-order valence-corrected chi connectivity index (χ1v) is 16.9. The number of aliphatic hydroxyl groups excluding tert-OH is 1. The fraction of sp³-hybridized carbons (Fsp3) is 0.286. The predicted molar refractivity (Wildman–Crippen MR) is 188 cm³/mol. The fourth-order valence-electron chi connectivity index (χ4n) is 5.99. The summed E-state index contributed by atoms with van der Waals surface area (Å²) < 4.78 is 52.5. The summed E-state index contributed by atoms with van der Waals surface area (Å²) in [6, 6.07) is 41.9. The quantitative estimate of drug-likeness (QED) is 0.115. The molecule has 7 nitrogen and oxygen atoms in total. The largest absolute Gasteiger partial charge is 0.497 e. The summed E-state index contributed by atoms with van der Waals surface area (Å²) in [7, 11) is 1.62. The molecule has 5 aromatic carbocycles. The predicted octanol–water partition coefficient (Wildman–Crippen LogP) is 7.59. The first kappa shape index (κ1) is 35.4. The van der Waals surface area contributed by atoms with Gasteiger partial charge >= 0.3 is 0 Å². The van der Waals surface area contributed by atoms with Crippen molar-refractivity contribution in [1.29, 1.82) is 0 Å². The average molecular weight is 679 g/mol. The Labute approximate surface area is 293 Å². The molecule has 50 heavy (non-hydrogen) atoms. The van der Waals surface area contributed by atoms with Crippen LogP contribution in [0.25, 0.3) is 0 Å². The van der Waals surface area contributed by atoms with Gasteiger partial charge < -0.3 is 33.5 Å². The van der Waals surface area contributed by atoms with Crippen LogP contribution in [-0.2, 0) is 49.9 Å². The molecule has 1 heterocycles. The molecule has 1 aliphatic heterocycles. The minimum absolute atomic E-state index is 0.180. The molecule has 0 aromatic heterocycles. The van der Waals surface area contributed by atoms with Gasteiger partial charge in [-0.25, -0.2) is 4.39 Å². The highest BCUT2D eigenvalue weighted by molar-refractivity contribution is 5.34. The lowest BCUT2D eigenvalue weighted by atomic mass is 10.0. The molecule has 8 heteroatoms. The molecule has 5 unspecified atom stereocenters. The van der Waals surface area contributed by atoms with E-state index in [0.29, 0.717) is 12.0 Å². The smallest absolute Gasteiger partial charge is 0.184 e. The zero-order chi connectivity index (χ0) is 34.5. The van der Waals surface area contributed by atoms with Gasteiger partial charge in [0.05, 0.1) is 40.1 Å². The van der Waals surface area contributed by atoms with Gasteiger partial charge in [-0.05, 0) is 46.0 Å². The Morgan fingerprint density at radius 1 is 0.720 bits per heavy atom. The summed E-state index contributed by atoms with van der Waals surface area (Å²) >= 11 is 0. The molecule has 0 spiro atoms. The van der Waals surface area contributed by atoms with Crippen LogP contribution in [0.4, 0.5) is 4.39 Å². The molecular weight excluding hydrogens is 635 g/mol. The molecule has 0 radical (unpaired) electrons. The number of halogens is 1. The van der Waals surface area contributed by atoms with E-state index >= 15 is 0 Å². The Morgan fingerprint density at radius 2 is 1.34 bits per heavy atom. The second kappa shape index (κ2) is 18.0. The van der Waals surface area contributed by atoms with Crippen LogP contribution < -0.4 is 4.74 Å². The second-order valence-electron chi connectivity index (χ2n) is 12.3. The molecule has 1 saturated heterocycles. The number of rotatable bonds is 16. The van der Waals surface area contributed by atoms with E-state index in [4.69, 9.17) is 28.4 Å². The highest BCUT2D eigenvalue weighted by Crippen LogP contribution is 2.33. The van der Waals surface area contributed by atoms with E-state index in [1.165, 1.54) is 6.07 Å². The molecule has 5 aromatic rings. The van der Waals surface area contributed by atoms with E-state index < -0.39 is 30.7 Å². The molecule has 0 bridgehead atoms. The lowest BCUT2D eigenvalue weighted by Gasteiger charge is -2.42. The second-order valence-corrected chi connectivity index (χ2v) is 12.3. The van der Waals surface area contributed by atoms with Crippen molar-refractivity contribution in [1.82, 2.24) is 0 Å². The van der Waals surface area contributed by atoms with Crippen LogP contribution in [0.2, 0.25) is 0 Å². The number of benzene rings is 5. The number of aliphatic hydroxyl groups is 1. The van der Waals surface area contributed by atoms with Gasteiger partial charge in [0.1, 0.15) is 36.0 Å². The van der Waals surface area contributed by atoms with Gasteiger partial charge in [-0.3, -0.25) is 0 Å². The fourth-order valence-corrected chi connectivity index (χ4v) is 5.99. The minimum atomic E-state index is -0.744. The van der Waals surface area contributed by atoms with E-state index in [1.54, 1.807) is 13.2 Å². The van der Waals surface area contributed by atoms with Crippen molar-refractivity contribution in [3.63, 3.8) is 0 Å². The number of ether oxygens (including phenoxy) is 6. The maximum absolute atomic E-state index is 15.0. The number of hydrogen-bond donors (Lipinski definition) is 1. The normalized spacial score (nSPS) is 18.7. The van der Waals surface area contributed by atoms with E-state index in [-0.39, 0.29) is 38.9 Å². The number of methoxy groups -OCH3 is 1. The Morgan fingerprint density at radius 3 is 1.98 bits per heavy atom. The van der Waals surface area contributed by atoms with Crippen LogP contribution in [0.5, 0.6) is 5.75 Å². The van der Waals surface area contributed by atoms with Crippen LogP contribution in [0, 0.1) is 5.82 Å². The van der Waals surface area contributed by atoms with E-state index in [2.05, 4.69) is 0 Å². The van der Waals surface area contributed by atoms with Crippen LogP contribution in [-0.4, -0.2) is 49.8 Å². The molecule has 0 aliphatic carbocycles. The molecular formula is C42H43FO7. The first-order valence-electron chi connectivity index (χ1n) is 16.9. The Balaban J connectivity index is 1.24. The third-order valence-electron chi connectivity index (χ3n) is 8.72. The van der Waals surface area contributed by atoms with Gasteiger partial charge in [-0.15, -0.1) is 0 Å². The SMILES string of the molecule is COc1ccc(Cc2cc(COC3COC(c4ccccc4)OC3C(OCc3ccccc3)C(CO)OCc3ccccc3)ccc2F)cc1. The zero-order valence-electron chi connectivity index (χ0n) is 28.1. The van der Waals surface area contributed by atoms with Crippen LogP contribution in [0.1, 0.15) is 39.7 Å². The Kier molecular flexibility index (Phi) is 12.8. The molecule has 1 N–H and O–H groups in total. The monoisotopic (exact) mass is 678 g/mol. The Bertz CT molecular complexity index is 1720. The van der Waals surface area contributed by atoms with Crippen molar-refractivity contribution in [2.24, 2.45) is 0 Å². The maximum Gasteiger partial charge on any atom is 0.184 e. The molecule has 260 valence electrons. The van der Waals surface area contributed by atoms with Crippen LogP contribution in [0.3, 0.4) is 0 Å². The van der Waals surface area contributed by atoms with Crippen molar-refractivity contribution in [2.45, 2.75) is 56.9 Å². The first-order chi connectivity index (χ1) is 24.6. The van der Waals surface area contributed by atoms with Gasteiger partial charge in [0.25, 0.3) is 0 Å². The number of hydrogen-bond acceptors (Lipinski definition) is 7. The third-order valence-corrected chi connectivity index (χ3v) is 8.72. The van der Waals surface area contributed by atoms with E-state index in [0.717, 1.165) is 33.6 Å². The standard InChI is InChI=1S/C42H43FO7/c1-45-36-20-17-30(18-21-36)23-35-24-33(19-22-37(35)43)28-47-39-29-49-42(34-15-9-4-10-16-34)50-41(39)40(48-27-32-13-7-3-8-14-32)38(25-44)46-26-31-11-5-2-6-12-31/h2-22,24,38-42,44H,23,25-29H2,1H3. The zero-order valence-corrected chi connectivity index (χ0v) is 28.1. The summed E-state index contributed by atoms with van der Waals surface area (Å²) in [4.78, 5) is 0. The highest BCUT2D eigenvalue weighted by atomic mass is 19.1. The van der Waals surface area contributed by atoms with Crippen molar-refractivity contribution in [3.05, 3.63) is 173 Å². The van der Waals surface area contributed by atoms with Gasteiger partial charge in [-0.1, -0.05) is 115 Å². The van der Waals surface area contributed by atoms with Crippen molar-refractivity contribution in [2.75, 3.05) is 20.3 Å². The van der Waals surface area contributed by atoms with Gasteiger partial charge in [0.2, 0.25) is 0 Å². The topological polar surface area (TPSA) is 75.6 Å². The molecule has 0 amide bonds. The summed E-state index contributed by atoms with van der Waals surface area (Å²) in [5.41, 5.74) is 5.12. The molecule has 1 fully saturated rings. The lowest BCUT2D eigenvalue weighted by molar-refractivity contribution is -0.302. The highest BCUT2D eigenvalue weighted by Gasteiger charge is 2.43. The van der Waals surface area contributed by atoms with E-state index in [9.17, 15) is 9.50 Å².